The van der Waals surface area contributed by atoms with E-state index in [9.17, 15) is 5.11 Å². The maximum absolute atomic E-state index is 10.2. The van der Waals surface area contributed by atoms with E-state index in [-0.39, 0.29) is 6.04 Å². The second kappa shape index (κ2) is 3.16. The summed E-state index contributed by atoms with van der Waals surface area (Å²) in [4.78, 5) is 0. The lowest BCUT2D eigenvalue weighted by Crippen LogP contribution is -2.42. The Kier molecular flexibility index (Phi) is 2.14. The maximum atomic E-state index is 10.2. The third kappa shape index (κ3) is 1.62. The van der Waals surface area contributed by atoms with Gasteiger partial charge in [-0.3, -0.25) is 0 Å². The minimum Gasteiger partial charge on any atom is -0.469 e. The molecule has 13 heavy (non-hydrogen) atoms. The van der Waals surface area contributed by atoms with E-state index in [0.717, 1.165) is 18.7 Å². The molecule has 2 atom stereocenters. The van der Waals surface area contributed by atoms with E-state index in [1.807, 2.05) is 19.1 Å². The summed E-state index contributed by atoms with van der Waals surface area (Å²) >= 11 is 0. The molecule has 72 valence electrons. The smallest absolute Gasteiger partial charge is 0.106 e. The van der Waals surface area contributed by atoms with Gasteiger partial charge in [0.2, 0.25) is 0 Å². The van der Waals surface area contributed by atoms with Crippen LogP contribution in [0.2, 0.25) is 0 Å². The lowest BCUT2D eigenvalue weighted by molar-refractivity contribution is 0.0287. The van der Waals surface area contributed by atoms with Gasteiger partial charge in [-0.05, 0) is 32.0 Å². The molecule has 0 amide bonds. The van der Waals surface area contributed by atoms with Gasteiger partial charge in [-0.2, -0.15) is 0 Å². The molecule has 0 aliphatic carbocycles. The molecule has 2 unspecified atom stereocenters. The zero-order valence-electron chi connectivity index (χ0n) is 7.79. The van der Waals surface area contributed by atoms with Crippen molar-refractivity contribution >= 4 is 0 Å². The molecule has 0 aromatic carbocycles. The fourth-order valence-electron chi connectivity index (χ4n) is 1.87. The normalized spacial score (nSPS) is 33.8. The van der Waals surface area contributed by atoms with Crippen LogP contribution in [0.1, 0.15) is 19.1 Å². The molecule has 3 nitrogen and oxygen atoms in total. The van der Waals surface area contributed by atoms with E-state index < -0.39 is 5.60 Å². The monoisotopic (exact) mass is 181 g/mol. The Morgan fingerprint density at radius 1 is 1.77 bits per heavy atom. The van der Waals surface area contributed by atoms with Crippen LogP contribution in [0.4, 0.5) is 0 Å². The molecule has 0 spiro atoms. The highest BCUT2D eigenvalue weighted by atomic mass is 16.3. The van der Waals surface area contributed by atoms with Gasteiger partial charge < -0.3 is 14.8 Å². The summed E-state index contributed by atoms with van der Waals surface area (Å²) in [6.07, 6.45) is 3.05. The molecular weight excluding hydrogens is 166 g/mol. The Hall–Kier alpha value is -0.800. The lowest BCUT2D eigenvalue weighted by atomic mass is 9.91. The van der Waals surface area contributed by atoms with Gasteiger partial charge in [0.1, 0.15) is 5.76 Å². The van der Waals surface area contributed by atoms with Crippen LogP contribution in [0.15, 0.2) is 22.8 Å². The van der Waals surface area contributed by atoms with Crippen molar-refractivity contribution in [3.05, 3.63) is 24.2 Å². The van der Waals surface area contributed by atoms with Crippen LogP contribution in [-0.2, 0) is 6.42 Å². The number of furan rings is 1. The first kappa shape index (κ1) is 8.78. The third-order valence-electron chi connectivity index (χ3n) is 2.87. The van der Waals surface area contributed by atoms with E-state index in [1.165, 1.54) is 0 Å². The Morgan fingerprint density at radius 2 is 2.62 bits per heavy atom. The molecule has 1 saturated heterocycles. The first-order chi connectivity index (χ1) is 6.21. The Labute approximate surface area is 77.8 Å². The summed E-state index contributed by atoms with van der Waals surface area (Å²) in [5.41, 5.74) is -0.627. The molecule has 3 heteroatoms. The summed E-state index contributed by atoms with van der Waals surface area (Å²) in [5.74, 6) is 0.859. The highest BCUT2D eigenvalue weighted by molar-refractivity contribution is 5.07. The highest BCUT2D eigenvalue weighted by Gasteiger charge is 2.38. The third-order valence-corrected chi connectivity index (χ3v) is 2.87. The fourth-order valence-corrected chi connectivity index (χ4v) is 1.87. The molecule has 1 aliphatic heterocycles. The molecule has 1 aromatic rings. The lowest BCUT2D eigenvalue weighted by Gasteiger charge is -2.25. The van der Waals surface area contributed by atoms with Crippen LogP contribution in [0.3, 0.4) is 0 Å². The average Bonchev–Trinajstić information content (AvgIpc) is 2.65. The van der Waals surface area contributed by atoms with Crippen LogP contribution in [0.25, 0.3) is 0 Å². The summed E-state index contributed by atoms with van der Waals surface area (Å²) in [7, 11) is 0. The van der Waals surface area contributed by atoms with Gasteiger partial charge in [0, 0.05) is 12.5 Å². The SMILES string of the molecule is CC1NCCC1(O)Cc1ccco1. The van der Waals surface area contributed by atoms with E-state index in [2.05, 4.69) is 5.32 Å². The quantitative estimate of drug-likeness (QED) is 0.713. The summed E-state index contributed by atoms with van der Waals surface area (Å²) in [6, 6.07) is 3.91. The van der Waals surface area contributed by atoms with Crippen LogP contribution in [0, 0.1) is 0 Å². The van der Waals surface area contributed by atoms with E-state index >= 15 is 0 Å². The molecule has 1 aliphatic rings. The maximum Gasteiger partial charge on any atom is 0.106 e. The zero-order valence-corrected chi connectivity index (χ0v) is 7.79. The van der Waals surface area contributed by atoms with E-state index in [1.54, 1.807) is 6.26 Å². The summed E-state index contributed by atoms with van der Waals surface area (Å²) in [6.45, 7) is 2.90. The first-order valence-corrected chi connectivity index (χ1v) is 4.69. The molecule has 2 N–H and O–H groups in total. The minimum atomic E-state index is -0.627. The van der Waals surface area contributed by atoms with Gasteiger partial charge in [0.15, 0.2) is 0 Å². The van der Waals surface area contributed by atoms with Crippen molar-refractivity contribution in [1.82, 2.24) is 5.32 Å². The summed E-state index contributed by atoms with van der Waals surface area (Å²) in [5, 5.41) is 13.4. The van der Waals surface area contributed by atoms with Gasteiger partial charge in [0.25, 0.3) is 0 Å². The van der Waals surface area contributed by atoms with Gasteiger partial charge >= 0.3 is 0 Å². The summed E-state index contributed by atoms with van der Waals surface area (Å²) < 4.78 is 5.22. The first-order valence-electron chi connectivity index (χ1n) is 4.69. The van der Waals surface area contributed by atoms with Gasteiger partial charge in [-0.1, -0.05) is 0 Å². The number of aliphatic hydroxyl groups is 1. The predicted molar refractivity (Wildman–Crippen MR) is 49.4 cm³/mol. The molecule has 0 radical (unpaired) electrons. The Balaban J connectivity index is 2.08. The molecule has 2 heterocycles. The molecule has 0 bridgehead atoms. The molecular formula is C10H15NO2. The molecule has 1 fully saturated rings. The minimum absolute atomic E-state index is 0.151. The number of hydrogen-bond acceptors (Lipinski definition) is 3. The van der Waals surface area contributed by atoms with E-state index in [4.69, 9.17) is 4.42 Å². The van der Waals surface area contributed by atoms with Gasteiger partial charge in [-0.15, -0.1) is 0 Å². The highest BCUT2D eigenvalue weighted by Crippen LogP contribution is 2.25. The Bertz CT molecular complexity index is 270. The predicted octanol–water partition coefficient (Wildman–Crippen LogP) is 0.935. The number of rotatable bonds is 2. The standard InChI is InChI=1S/C10H15NO2/c1-8-10(12,4-5-11-8)7-9-3-2-6-13-9/h2-3,6,8,11-12H,4-5,7H2,1H3. The fraction of sp³-hybridized carbons (Fsp3) is 0.600. The topological polar surface area (TPSA) is 45.4 Å². The van der Waals surface area contributed by atoms with Gasteiger partial charge in [-0.25, -0.2) is 0 Å². The number of nitrogens with one attached hydrogen (secondary N) is 1. The van der Waals surface area contributed by atoms with Crippen molar-refractivity contribution in [1.29, 1.82) is 0 Å². The van der Waals surface area contributed by atoms with Crippen molar-refractivity contribution in [3.8, 4) is 0 Å². The van der Waals surface area contributed by atoms with E-state index in [0.29, 0.717) is 6.42 Å². The van der Waals surface area contributed by atoms with Crippen LogP contribution >= 0.6 is 0 Å². The average molecular weight is 181 g/mol. The van der Waals surface area contributed by atoms with Crippen molar-refractivity contribution in [2.45, 2.75) is 31.4 Å². The second-order valence-corrected chi connectivity index (χ2v) is 3.79. The second-order valence-electron chi connectivity index (χ2n) is 3.79. The van der Waals surface area contributed by atoms with Crippen LogP contribution in [0.5, 0.6) is 0 Å². The van der Waals surface area contributed by atoms with Crippen LogP contribution < -0.4 is 5.32 Å². The van der Waals surface area contributed by atoms with Crippen molar-refractivity contribution in [2.75, 3.05) is 6.54 Å². The van der Waals surface area contributed by atoms with Crippen LogP contribution in [-0.4, -0.2) is 23.3 Å². The Morgan fingerprint density at radius 3 is 3.15 bits per heavy atom. The zero-order chi connectivity index (χ0) is 9.31. The molecule has 2 rings (SSSR count). The van der Waals surface area contributed by atoms with Crippen molar-refractivity contribution in [2.24, 2.45) is 0 Å². The number of hydrogen-bond donors (Lipinski definition) is 2. The molecule has 0 saturated carbocycles. The largest absolute Gasteiger partial charge is 0.469 e. The molecule has 1 aromatic heterocycles. The van der Waals surface area contributed by atoms with Gasteiger partial charge in [0.05, 0.1) is 11.9 Å². The van der Waals surface area contributed by atoms with Crippen molar-refractivity contribution in [3.63, 3.8) is 0 Å². The van der Waals surface area contributed by atoms with Crippen molar-refractivity contribution < 1.29 is 9.52 Å².